The van der Waals surface area contributed by atoms with Gasteiger partial charge in [0.25, 0.3) is 5.91 Å². The van der Waals surface area contributed by atoms with Crippen LogP contribution in [0.1, 0.15) is 35.4 Å². The van der Waals surface area contributed by atoms with E-state index in [9.17, 15) is 4.79 Å². The number of hydrogen-bond acceptors (Lipinski definition) is 6. The largest absolute Gasteiger partial charge is 0.375 e. The highest BCUT2D eigenvalue weighted by Crippen LogP contribution is 2.37. The first kappa shape index (κ1) is 13.2. The summed E-state index contributed by atoms with van der Waals surface area (Å²) in [4.78, 5) is 14.6. The van der Waals surface area contributed by atoms with E-state index in [2.05, 4.69) is 25.2 Å². The van der Waals surface area contributed by atoms with Gasteiger partial charge in [0.1, 0.15) is 5.69 Å². The third-order valence-corrected chi connectivity index (χ3v) is 4.80. The van der Waals surface area contributed by atoms with E-state index in [1.165, 1.54) is 12.8 Å². The summed E-state index contributed by atoms with van der Waals surface area (Å²) in [5.74, 6) is 0.571. The van der Waals surface area contributed by atoms with Crippen LogP contribution in [-0.2, 0) is 4.74 Å². The maximum atomic E-state index is 12.1. The first-order chi connectivity index (χ1) is 10.2. The fourth-order valence-corrected chi connectivity index (χ4v) is 3.45. The average molecular weight is 292 g/mol. The maximum Gasteiger partial charge on any atom is 0.275 e. The van der Waals surface area contributed by atoms with Gasteiger partial charge < -0.3 is 10.1 Å². The fraction of sp³-hybridized carbons (Fsp3) is 0.786. The molecule has 0 radical (unpaired) electrons. The number of morpholine rings is 1. The fourth-order valence-electron chi connectivity index (χ4n) is 3.45. The molecule has 0 spiro atoms. The Balaban J connectivity index is 1.36. The highest BCUT2D eigenvalue weighted by Gasteiger charge is 2.42. The number of carbonyl (C=O) groups excluding carboxylic acids is 1. The summed E-state index contributed by atoms with van der Waals surface area (Å²) >= 11 is 0. The van der Waals surface area contributed by atoms with Crippen LogP contribution in [0.25, 0.3) is 0 Å². The second-order valence-corrected chi connectivity index (χ2v) is 6.42. The van der Waals surface area contributed by atoms with E-state index in [1.54, 1.807) is 6.92 Å². The zero-order chi connectivity index (χ0) is 14.4. The van der Waals surface area contributed by atoms with Gasteiger partial charge in [0.05, 0.1) is 12.7 Å². The first-order valence-corrected chi connectivity index (χ1v) is 7.66. The molecule has 1 amide bonds. The summed E-state index contributed by atoms with van der Waals surface area (Å²) in [5, 5.41) is 10.3. The van der Waals surface area contributed by atoms with Crippen molar-refractivity contribution in [2.45, 2.75) is 44.4 Å². The first-order valence-electron chi connectivity index (χ1n) is 7.66. The zero-order valence-electron chi connectivity index (χ0n) is 12.1. The minimum atomic E-state index is -0.196. The quantitative estimate of drug-likeness (QED) is 0.866. The Bertz CT molecular complexity index is 542. The molecule has 4 rings (SSSR count). The number of nitrogens with one attached hydrogen (secondary N) is 1. The van der Waals surface area contributed by atoms with Crippen molar-refractivity contribution < 1.29 is 14.2 Å². The lowest BCUT2D eigenvalue weighted by Gasteiger charge is -2.35. The Labute approximate surface area is 123 Å². The average Bonchev–Trinajstić information content (AvgIpc) is 3.10. The van der Waals surface area contributed by atoms with Crippen LogP contribution in [0, 0.1) is 12.8 Å². The minimum absolute atomic E-state index is 0.153. The third-order valence-electron chi connectivity index (χ3n) is 4.80. The molecule has 2 saturated heterocycles. The minimum Gasteiger partial charge on any atom is -0.375 e. The van der Waals surface area contributed by atoms with Crippen LogP contribution in [0.3, 0.4) is 0 Å². The van der Waals surface area contributed by atoms with Gasteiger partial charge in [-0.1, -0.05) is 5.16 Å². The van der Waals surface area contributed by atoms with Crippen LogP contribution in [0.5, 0.6) is 0 Å². The van der Waals surface area contributed by atoms with Crippen LogP contribution >= 0.6 is 0 Å². The van der Waals surface area contributed by atoms with E-state index in [4.69, 9.17) is 4.74 Å². The van der Waals surface area contributed by atoms with E-state index in [0.717, 1.165) is 32.0 Å². The number of nitrogens with zero attached hydrogens (tertiary/aromatic N) is 3. The molecule has 3 fully saturated rings. The number of hydrogen-bond donors (Lipinski definition) is 1. The van der Waals surface area contributed by atoms with E-state index in [0.29, 0.717) is 17.8 Å². The monoisotopic (exact) mass is 292 g/mol. The van der Waals surface area contributed by atoms with Crippen molar-refractivity contribution in [3.05, 3.63) is 11.4 Å². The van der Waals surface area contributed by atoms with Gasteiger partial charge in [-0.05, 0) is 37.3 Å². The van der Waals surface area contributed by atoms with Gasteiger partial charge in [-0.2, -0.15) is 0 Å². The van der Waals surface area contributed by atoms with Gasteiger partial charge in [0, 0.05) is 25.2 Å². The smallest absolute Gasteiger partial charge is 0.275 e. The molecule has 0 unspecified atom stereocenters. The Morgan fingerprint density at radius 1 is 1.33 bits per heavy atom. The highest BCUT2D eigenvalue weighted by atomic mass is 16.6. The third kappa shape index (κ3) is 2.55. The molecule has 3 heterocycles. The summed E-state index contributed by atoms with van der Waals surface area (Å²) in [6.07, 6.45) is 3.95. The van der Waals surface area contributed by atoms with Crippen LogP contribution < -0.4 is 5.32 Å². The van der Waals surface area contributed by atoms with Crippen molar-refractivity contribution in [3.63, 3.8) is 0 Å². The number of carbonyl (C=O) groups is 1. The molecule has 7 nitrogen and oxygen atoms in total. The summed E-state index contributed by atoms with van der Waals surface area (Å²) in [6.45, 7) is 4.41. The molecule has 114 valence electrons. The highest BCUT2D eigenvalue weighted by molar-refractivity contribution is 5.93. The molecule has 1 aliphatic carbocycles. The van der Waals surface area contributed by atoms with Gasteiger partial charge in [0.15, 0.2) is 5.69 Å². The number of rotatable bonds is 3. The SMILES string of the molecule is Cc1nonc1C(=O)N[C@H]1C[C@H]2CO[C@H](C3CC3)CN2C1. The second kappa shape index (κ2) is 5.06. The van der Waals surface area contributed by atoms with Crippen molar-refractivity contribution in [2.24, 2.45) is 5.92 Å². The molecule has 3 atom stereocenters. The number of aromatic nitrogens is 2. The molecule has 3 aliphatic rings. The Morgan fingerprint density at radius 2 is 2.19 bits per heavy atom. The summed E-state index contributed by atoms with van der Waals surface area (Å²) in [6, 6.07) is 0.585. The topological polar surface area (TPSA) is 80.5 Å². The lowest BCUT2D eigenvalue weighted by molar-refractivity contribution is -0.0581. The summed E-state index contributed by atoms with van der Waals surface area (Å²) < 4.78 is 10.6. The zero-order valence-corrected chi connectivity index (χ0v) is 12.1. The molecular weight excluding hydrogens is 272 g/mol. The molecule has 21 heavy (non-hydrogen) atoms. The van der Waals surface area contributed by atoms with Gasteiger partial charge in [-0.3, -0.25) is 9.69 Å². The molecule has 0 bridgehead atoms. The van der Waals surface area contributed by atoms with E-state index < -0.39 is 0 Å². The van der Waals surface area contributed by atoms with Crippen LogP contribution in [0.2, 0.25) is 0 Å². The van der Waals surface area contributed by atoms with Gasteiger partial charge >= 0.3 is 0 Å². The molecule has 0 aromatic carbocycles. The number of fused-ring (bicyclic) bond motifs is 1. The van der Waals surface area contributed by atoms with Crippen molar-refractivity contribution in [1.82, 2.24) is 20.5 Å². The Kier molecular flexibility index (Phi) is 3.19. The van der Waals surface area contributed by atoms with Crippen LogP contribution in [0.4, 0.5) is 0 Å². The van der Waals surface area contributed by atoms with E-state index in [1.807, 2.05) is 0 Å². The lowest BCUT2D eigenvalue weighted by atomic mass is 10.1. The maximum absolute atomic E-state index is 12.1. The molecule has 1 N–H and O–H groups in total. The van der Waals surface area contributed by atoms with E-state index >= 15 is 0 Å². The molecule has 2 aliphatic heterocycles. The van der Waals surface area contributed by atoms with Gasteiger partial charge in [-0.15, -0.1) is 0 Å². The number of amides is 1. The Hall–Kier alpha value is -1.47. The number of ether oxygens (including phenoxy) is 1. The van der Waals surface area contributed by atoms with E-state index in [-0.39, 0.29) is 17.6 Å². The molecular formula is C14H20N4O3. The van der Waals surface area contributed by atoms with Crippen LogP contribution in [0.15, 0.2) is 4.63 Å². The predicted octanol–water partition coefficient (Wildman–Crippen LogP) is 0.360. The van der Waals surface area contributed by atoms with Crippen LogP contribution in [-0.4, -0.2) is 59.0 Å². The molecule has 1 aromatic rings. The normalized spacial score (nSPS) is 32.9. The second-order valence-electron chi connectivity index (χ2n) is 6.42. The van der Waals surface area contributed by atoms with Crippen molar-refractivity contribution in [1.29, 1.82) is 0 Å². The van der Waals surface area contributed by atoms with Crippen molar-refractivity contribution >= 4 is 5.91 Å². The molecule has 1 saturated carbocycles. The summed E-state index contributed by atoms with van der Waals surface area (Å²) in [7, 11) is 0. The van der Waals surface area contributed by atoms with Crippen molar-refractivity contribution in [2.75, 3.05) is 19.7 Å². The van der Waals surface area contributed by atoms with Gasteiger partial charge in [0.2, 0.25) is 0 Å². The molecule has 1 aromatic heterocycles. The number of aryl methyl sites for hydroxylation is 1. The Morgan fingerprint density at radius 3 is 2.90 bits per heavy atom. The molecule has 7 heteroatoms. The van der Waals surface area contributed by atoms with Crippen molar-refractivity contribution in [3.8, 4) is 0 Å². The lowest BCUT2D eigenvalue weighted by Crippen LogP contribution is -2.47. The summed E-state index contributed by atoms with van der Waals surface area (Å²) in [5.41, 5.74) is 0.812. The van der Waals surface area contributed by atoms with Gasteiger partial charge in [-0.25, -0.2) is 4.63 Å². The predicted molar refractivity (Wildman–Crippen MR) is 72.7 cm³/mol. The standard InChI is InChI=1S/C14H20N4O3/c1-8-13(17-21-16-8)14(19)15-10-4-11-7-20-12(9-2-3-9)6-18(11)5-10/h9-12H,2-7H2,1H3,(H,15,19)/t10-,11-,12-/m0/s1.